The standard InChI is InChI=1S/C17H20N4O2S2.ClH/c22-25(23)16-11-13(15-3-1-10-24-15)4-5-14(16)19-17(20-25)12-21-8-2-6-18-7-9-21;/h1,3-5,10-11,18H,2,6-9,12H2,(H,19,20);1H. The Balaban J connectivity index is 0.00000196. The molecule has 26 heavy (non-hydrogen) atoms. The minimum Gasteiger partial charge on any atom is -0.341 e. The first-order valence-electron chi connectivity index (χ1n) is 8.34. The number of nitrogens with zero attached hydrogens (tertiary/aromatic N) is 2. The van der Waals surface area contributed by atoms with Crippen LogP contribution in [0, 0.1) is 0 Å². The highest BCUT2D eigenvalue weighted by atomic mass is 35.5. The lowest BCUT2D eigenvalue weighted by atomic mass is 10.1. The largest absolute Gasteiger partial charge is 0.341 e. The van der Waals surface area contributed by atoms with E-state index < -0.39 is 10.0 Å². The summed E-state index contributed by atoms with van der Waals surface area (Å²) in [6.45, 7) is 4.28. The van der Waals surface area contributed by atoms with Gasteiger partial charge in [0.2, 0.25) is 0 Å². The number of sulfonamides is 1. The molecule has 0 radical (unpaired) electrons. The van der Waals surface area contributed by atoms with Gasteiger partial charge in [0.25, 0.3) is 10.0 Å². The average molecular weight is 413 g/mol. The van der Waals surface area contributed by atoms with Crippen molar-refractivity contribution in [3.63, 3.8) is 0 Å². The number of benzene rings is 1. The van der Waals surface area contributed by atoms with Gasteiger partial charge in [-0.15, -0.1) is 28.1 Å². The van der Waals surface area contributed by atoms with E-state index in [1.165, 1.54) is 0 Å². The van der Waals surface area contributed by atoms with E-state index in [-0.39, 0.29) is 17.3 Å². The normalized spacial score (nSPS) is 19.5. The maximum atomic E-state index is 12.7. The molecular weight excluding hydrogens is 392 g/mol. The number of amidine groups is 1. The number of nitrogens with one attached hydrogen (secondary N) is 2. The Bertz CT molecular complexity index is 889. The molecule has 4 rings (SSSR count). The third kappa shape index (κ3) is 4.10. The molecule has 2 aliphatic rings. The minimum atomic E-state index is -3.68. The van der Waals surface area contributed by atoms with E-state index in [2.05, 4.69) is 19.9 Å². The van der Waals surface area contributed by atoms with E-state index >= 15 is 0 Å². The SMILES string of the molecule is Cl.O=S1(=O)N=C(CN2CCCNCC2)Nc2ccc(-c3cccs3)cc21. The first kappa shape index (κ1) is 19.3. The van der Waals surface area contributed by atoms with Crippen molar-refractivity contribution in [1.29, 1.82) is 0 Å². The molecule has 2 aliphatic heterocycles. The smallest absolute Gasteiger partial charge is 0.286 e. The van der Waals surface area contributed by atoms with Crippen LogP contribution in [0.4, 0.5) is 5.69 Å². The number of fused-ring (bicyclic) bond motifs is 1. The highest BCUT2D eigenvalue weighted by molar-refractivity contribution is 7.90. The number of hydrogen-bond donors (Lipinski definition) is 2. The third-order valence-corrected chi connectivity index (χ3v) is 6.65. The molecular formula is C17H21ClN4O2S2. The Morgan fingerprint density at radius 3 is 2.88 bits per heavy atom. The number of anilines is 1. The molecule has 6 nitrogen and oxygen atoms in total. The highest BCUT2D eigenvalue weighted by Gasteiger charge is 2.26. The number of halogens is 1. The van der Waals surface area contributed by atoms with Crippen LogP contribution in [0.15, 0.2) is 45.0 Å². The second-order valence-corrected chi connectivity index (χ2v) is 8.73. The number of thiophene rings is 1. The lowest BCUT2D eigenvalue weighted by Crippen LogP contribution is -2.37. The zero-order valence-electron chi connectivity index (χ0n) is 14.1. The molecule has 3 heterocycles. The van der Waals surface area contributed by atoms with Gasteiger partial charge in [0.1, 0.15) is 10.7 Å². The first-order valence-corrected chi connectivity index (χ1v) is 10.7. The van der Waals surface area contributed by atoms with Crippen LogP contribution in [0.5, 0.6) is 0 Å². The molecule has 0 saturated carbocycles. The fourth-order valence-electron chi connectivity index (χ4n) is 3.15. The molecule has 140 valence electrons. The zero-order chi connectivity index (χ0) is 17.3. The molecule has 0 spiro atoms. The highest BCUT2D eigenvalue weighted by Crippen LogP contribution is 2.33. The van der Waals surface area contributed by atoms with Crippen molar-refractivity contribution < 1.29 is 8.42 Å². The van der Waals surface area contributed by atoms with Crippen LogP contribution in [0.3, 0.4) is 0 Å². The van der Waals surface area contributed by atoms with Crippen molar-refractivity contribution in [2.24, 2.45) is 4.40 Å². The molecule has 1 fully saturated rings. The Kier molecular flexibility index (Phi) is 5.99. The summed E-state index contributed by atoms with van der Waals surface area (Å²) in [5, 5.41) is 8.53. The van der Waals surface area contributed by atoms with Gasteiger partial charge in [-0.05, 0) is 48.7 Å². The Morgan fingerprint density at radius 2 is 2.08 bits per heavy atom. The van der Waals surface area contributed by atoms with Crippen molar-refractivity contribution in [3.05, 3.63) is 35.7 Å². The molecule has 2 aromatic rings. The molecule has 0 unspecified atom stereocenters. The summed E-state index contributed by atoms with van der Waals surface area (Å²) in [7, 11) is -3.68. The fraction of sp³-hybridized carbons (Fsp3) is 0.353. The van der Waals surface area contributed by atoms with Crippen LogP contribution in [0.25, 0.3) is 10.4 Å². The number of hydrogen-bond acceptors (Lipinski definition) is 6. The summed E-state index contributed by atoms with van der Waals surface area (Å²) in [6, 6.07) is 9.43. The Labute approximate surface area is 163 Å². The number of rotatable bonds is 3. The van der Waals surface area contributed by atoms with E-state index in [4.69, 9.17) is 0 Å². The second kappa shape index (κ2) is 8.06. The van der Waals surface area contributed by atoms with Crippen molar-refractivity contribution >= 4 is 45.3 Å². The predicted octanol–water partition coefficient (Wildman–Crippen LogP) is 2.64. The van der Waals surface area contributed by atoms with Crippen LogP contribution in [-0.2, 0) is 10.0 Å². The van der Waals surface area contributed by atoms with Gasteiger partial charge < -0.3 is 10.6 Å². The topological polar surface area (TPSA) is 73.8 Å². The summed E-state index contributed by atoms with van der Waals surface area (Å²) in [5.74, 6) is 0.498. The van der Waals surface area contributed by atoms with Gasteiger partial charge in [-0.25, -0.2) is 0 Å². The van der Waals surface area contributed by atoms with Crippen LogP contribution in [0.2, 0.25) is 0 Å². The van der Waals surface area contributed by atoms with Gasteiger partial charge >= 0.3 is 0 Å². The second-order valence-electron chi connectivity index (χ2n) is 6.21. The van der Waals surface area contributed by atoms with Gasteiger partial charge in [-0.3, -0.25) is 4.90 Å². The molecule has 0 amide bonds. The molecule has 0 aliphatic carbocycles. The van der Waals surface area contributed by atoms with Crippen molar-refractivity contribution in [2.45, 2.75) is 11.3 Å². The van der Waals surface area contributed by atoms with Crippen LogP contribution < -0.4 is 10.6 Å². The summed E-state index contributed by atoms with van der Waals surface area (Å²) in [4.78, 5) is 3.52. The molecule has 1 aromatic heterocycles. The third-order valence-electron chi connectivity index (χ3n) is 4.38. The quantitative estimate of drug-likeness (QED) is 0.810. The zero-order valence-corrected chi connectivity index (χ0v) is 16.6. The molecule has 0 atom stereocenters. The fourth-order valence-corrected chi connectivity index (χ4v) is 5.04. The summed E-state index contributed by atoms with van der Waals surface area (Å²) < 4.78 is 29.3. The van der Waals surface area contributed by atoms with E-state index in [0.29, 0.717) is 18.1 Å². The molecule has 1 aromatic carbocycles. The average Bonchev–Trinajstić information content (AvgIpc) is 3.00. The van der Waals surface area contributed by atoms with Crippen molar-refractivity contribution in [2.75, 3.05) is 38.0 Å². The Morgan fingerprint density at radius 1 is 1.19 bits per heavy atom. The van der Waals surface area contributed by atoms with Gasteiger partial charge in [0.05, 0.1) is 12.2 Å². The van der Waals surface area contributed by atoms with E-state index in [0.717, 1.165) is 43.0 Å². The van der Waals surface area contributed by atoms with E-state index in [1.54, 1.807) is 17.4 Å². The van der Waals surface area contributed by atoms with Gasteiger partial charge in [-0.1, -0.05) is 12.1 Å². The first-order chi connectivity index (χ1) is 12.1. The minimum absolute atomic E-state index is 0. The molecule has 2 N–H and O–H groups in total. The molecule has 9 heteroatoms. The van der Waals surface area contributed by atoms with Crippen LogP contribution in [0.1, 0.15) is 6.42 Å². The van der Waals surface area contributed by atoms with Crippen molar-refractivity contribution in [1.82, 2.24) is 10.2 Å². The summed E-state index contributed by atoms with van der Waals surface area (Å²) in [5.41, 5.74) is 1.51. The summed E-state index contributed by atoms with van der Waals surface area (Å²) >= 11 is 1.59. The van der Waals surface area contributed by atoms with Gasteiger partial charge in [0, 0.05) is 18.0 Å². The van der Waals surface area contributed by atoms with Crippen molar-refractivity contribution in [3.8, 4) is 10.4 Å². The monoisotopic (exact) mass is 412 g/mol. The Hall–Kier alpha value is -1.45. The lowest BCUT2D eigenvalue weighted by molar-refractivity contribution is 0.333. The van der Waals surface area contributed by atoms with Gasteiger partial charge in [-0.2, -0.15) is 8.42 Å². The van der Waals surface area contributed by atoms with E-state index in [1.807, 2.05) is 29.6 Å². The summed E-state index contributed by atoms with van der Waals surface area (Å²) in [6.07, 6.45) is 1.06. The lowest BCUT2D eigenvalue weighted by Gasteiger charge is -2.24. The van der Waals surface area contributed by atoms with Crippen LogP contribution in [-0.4, -0.2) is 51.9 Å². The maximum absolute atomic E-state index is 12.7. The van der Waals surface area contributed by atoms with E-state index in [9.17, 15) is 8.42 Å². The molecule has 1 saturated heterocycles. The van der Waals surface area contributed by atoms with Gasteiger partial charge in [0.15, 0.2) is 0 Å². The van der Waals surface area contributed by atoms with Crippen LogP contribution >= 0.6 is 23.7 Å². The maximum Gasteiger partial charge on any atom is 0.286 e. The predicted molar refractivity (Wildman–Crippen MR) is 109 cm³/mol. The molecule has 0 bridgehead atoms.